The summed E-state index contributed by atoms with van der Waals surface area (Å²) in [6, 6.07) is 0. The van der Waals surface area contributed by atoms with Gasteiger partial charge >= 0.3 is 0 Å². The number of hydrogen-bond acceptors (Lipinski definition) is 1. The molecule has 1 rings (SSSR count). The molecule has 1 heterocycles. The van der Waals surface area contributed by atoms with Crippen LogP contribution < -0.4 is 0 Å². The second-order valence-corrected chi connectivity index (χ2v) is 6.40. The van der Waals surface area contributed by atoms with Crippen LogP contribution in [-0.4, -0.2) is 24.5 Å². The van der Waals surface area contributed by atoms with Crippen molar-refractivity contribution in [3.63, 3.8) is 0 Å². The molecule has 0 amide bonds. The molecule has 15 heavy (non-hydrogen) atoms. The van der Waals surface area contributed by atoms with Crippen LogP contribution in [0.3, 0.4) is 0 Å². The monoisotopic (exact) mass is 211 g/mol. The topological polar surface area (TPSA) is 3.24 Å². The minimum absolute atomic E-state index is 0.560. The third kappa shape index (κ3) is 5.55. The molecule has 1 heteroatoms. The van der Waals surface area contributed by atoms with Crippen molar-refractivity contribution in [3.8, 4) is 0 Å². The maximum absolute atomic E-state index is 2.59. The highest BCUT2D eigenvalue weighted by atomic mass is 15.2. The molecule has 0 aromatic heterocycles. The molecule has 1 aliphatic heterocycles. The van der Waals surface area contributed by atoms with Gasteiger partial charge in [-0.3, -0.25) is 0 Å². The molecule has 1 aliphatic rings. The molecule has 1 saturated heterocycles. The van der Waals surface area contributed by atoms with Crippen molar-refractivity contribution < 1.29 is 0 Å². The van der Waals surface area contributed by atoms with E-state index < -0.39 is 0 Å². The Balaban J connectivity index is 2.07. The molecule has 0 aromatic rings. The molecule has 0 aliphatic carbocycles. The van der Waals surface area contributed by atoms with Crippen LogP contribution in [0.2, 0.25) is 0 Å². The largest absolute Gasteiger partial charge is 0.303 e. The van der Waals surface area contributed by atoms with Gasteiger partial charge < -0.3 is 4.90 Å². The summed E-state index contributed by atoms with van der Waals surface area (Å²) >= 11 is 0. The van der Waals surface area contributed by atoms with Crippen molar-refractivity contribution in [2.75, 3.05) is 19.6 Å². The lowest BCUT2D eigenvalue weighted by molar-refractivity contribution is 0.146. The fourth-order valence-electron chi connectivity index (χ4n) is 2.18. The Hall–Kier alpha value is -0.0400. The van der Waals surface area contributed by atoms with E-state index in [0.29, 0.717) is 5.41 Å². The van der Waals surface area contributed by atoms with E-state index >= 15 is 0 Å². The standard InChI is InChI=1S/C14H29N/c1-13(2)7-5-8-14(3,4)9-12-15-10-6-11-15/h13H,5-12H2,1-4H3. The van der Waals surface area contributed by atoms with Crippen molar-refractivity contribution in [2.24, 2.45) is 11.3 Å². The zero-order chi connectivity index (χ0) is 11.3. The van der Waals surface area contributed by atoms with Gasteiger partial charge in [-0.05, 0) is 50.2 Å². The van der Waals surface area contributed by atoms with Gasteiger partial charge in [0.05, 0.1) is 0 Å². The van der Waals surface area contributed by atoms with Crippen LogP contribution in [0.15, 0.2) is 0 Å². The van der Waals surface area contributed by atoms with E-state index in [1.54, 1.807) is 0 Å². The Morgan fingerprint density at radius 1 is 1.13 bits per heavy atom. The third-order valence-electron chi connectivity index (χ3n) is 3.69. The summed E-state index contributed by atoms with van der Waals surface area (Å²) in [6.07, 6.45) is 7.01. The fourth-order valence-corrected chi connectivity index (χ4v) is 2.18. The number of nitrogens with zero attached hydrogens (tertiary/aromatic N) is 1. The summed E-state index contributed by atoms with van der Waals surface area (Å²) in [5, 5.41) is 0. The lowest BCUT2D eigenvalue weighted by Crippen LogP contribution is -2.39. The average Bonchev–Trinajstić information content (AvgIpc) is 1.99. The second-order valence-electron chi connectivity index (χ2n) is 6.40. The first kappa shape index (κ1) is 13.0. The smallest absolute Gasteiger partial charge is 0.000653 e. The molecule has 0 unspecified atom stereocenters. The maximum Gasteiger partial charge on any atom is -0.000653 e. The van der Waals surface area contributed by atoms with E-state index in [1.165, 1.54) is 51.7 Å². The molecule has 0 saturated carbocycles. The van der Waals surface area contributed by atoms with Gasteiger partial charge in [-0.15, -0.1) is 0 Å². The molecule has 0 bridgehead atoms. The number of hydrogen-bond donors (Lipinski definition) is 0. The molecular formula is C14H29N. The summed E-state index contributed by atoms with van der Waals surface area (Å²) in [4.78, 5) is 2.59. The Kier molecular flexibility index (Phi) is 5.11. The van der Waals surface area contributed by atoms with Gasteiger partial charge in [0.1, 0.15) is 0 Å². The first-order valence-corrected chi connectivity index (χ1v) is 6.72. The Labute approximate surface area is 96.2 Å². The summed E-state index contributed by atoms with van der Waals surface area (Å²) in [7, 11) is 0. The van der Waals surface area contributed by atoms with E-state index in [1.807, 2.05) is 0 Å². The fraction of sp³-hybridized carbons (Fsp3) is 1.00. The highest BCUT2D eigenvalue weighted by molar-refractivity contribution is 4.75. The van der Waals surface area contributed by atoms with E-state index in [2.05, 4.69) is 32.6 Å². The van der Waals surface area contributed by atoms with E-state index in [-0.39, 0.29) is 0 Å². The molecule has 1 nitrogen and oxygen atoms in total. The molecule has 0 N–H and O–H groups in total. The minimum Gasteiger partial charge on any atom is -0.303 e. The van der Waals surface area contributed by atoms with Crippen molar-refractivity contribution in [1.82, 2.24) is 4.90 Å². The van der Waals surface area contributed by atoms with Crippen LogP contribution in [0.25, 0.3) is 0 Å². The highest BCUT2D eigenvalue weighted by Gasteiger charge is 2.21. The SMILES string of the molecule is CC(C)CCCC(C)(C)CCN1CCC1. The quantitative estimate of drug-likeness (QED) is 0.616. The first-order chi connectivity index (χ1) is 6.99. The molecule has 1 fully saturated rings. The molecule has 0 spiro atoms. The summed E-state index contributed by atoms with van der Waals surface area (Å²) in [5.74, 6) is 0.871. The predicted octanol–water partition coefficient (Wildman–Crippen LogP) is 3.93. The number of rotatable bonds is 7. The van der Waals surface area contributed by atoms with Gasteiger partial charge in [-0.2, -0.15) is 0 Å². The van der Waals surface area contributed by atoms with E-state index in [9.17, 15) is 0 Å². The zero-order valence-corrected chi connectivity index (χ0v) is 11.2. The highest BCUT2D eigenvalue weighted by Crippen LogP contribution is 2.29. The molecule has 0 atom stereocenters. The lowest BCUT2D eigenvalue weighted by Gasteiger charge is -2.34. The van der Waals surface area contributed by atoms with E-state index in [4.69, 9.17) is 0 Å². The van der Waals surface area contributed by atoms with Gasteiger partial charge in [0.2, 0.25) is 0 Å². The van der Waals surface area contributed by atoms with Crippen LogP contribution >= 0.6 is 0 Å². The lowest BCUT2D eigenvalue weighted by atomic mass is 9.82. The third-order valence-corrected chi connectivity index (χ3v) is 3.69. The van der Waals surface area contributed by atoms with Gasteiger partial charge in [-0.1, -0.05) is 40.5 Å². The van der Waals surface area contributed by atoms with Crippen LogP contribution in [0.1, 0.15) is 59.8 Å². The van der Waals surface area contributed by atoms with E-state index in [0.717, 1.165) is 5.92 Å². The summed E-state index contributed by atoms with van der Waals surface area (Å²) in [5.41, 5.74) is 0.560. The van der Waals surface area contributed by atoms with Gasteiger partial charge in [0, 0.05) is 0 Å². The summed E-state index contributed by atoms with van der Waals surface area (Å²) in [6.45, 7) is 13.6. The van der Waals surface area contributed by atoms with Gasteiger partial charge in [0.15, 0.2) is 0 Å². The molecular weight excluding hydrogens is 182 g/mol. The number of likely N-dealkylation sites (tertiary alicyclic amines) is 1. The van der Waals surface area contributed by atoms with Crippen LogP contribution in [-0.2, 0) is 0 Å². The molecule has 0 aromatic carbocycles. The van der Waals surface area contributed by atoms with Crippen LogP contribution in [0.4, 0.5) is 0 Å². The average molecular weight is 211 g/mol. The zero-order valence-electron chi connectivity index (χ0n) is 11.2. The van der Waals surface area contributed by atoms with Crippen molar-refractivity contribution >= 4 is 0 Å². The van der Waals surface area contributed by atoms with Gasteiger partial charge in [0.25, 0.3) is 0 Å². The normalized spacial score (nSPS) is 18.2. The predicted molar refractivity (Wildman–Crippen MR) is 68.1 cm³/mol. The van der Waals surface area contributed by atoms with Crippen LogP contribution in [0.5, 0.6) is 0 Å². The first-order valence-electron chi connectivity index (χ1n) is 6.72. The van der Waals surface area contributed by atoms with Crippen LogP contribution in [0, 0.1) is 11.3 Å². The Morgan fingerprint density at radius 2 is 1.80 bits per heavy atom. The minimum atomic E-state index is 0.560. The second kappa shape index (κ2) is 5.89. The summed E-state index contributed by atoms with van der Waals surface area (Å²) < 4.78 is 0. The Morgan fingerprint density at radius 3 is 2.27 bits per heavy atom. The Bertz CT molecular complexity index is 168. The van der Waals surface area contributed by atoms with Gasteiger partial charge in [-0.25, -0.2) is 0 Å². The molecule has 90 valence electrons. The van der Waals surface area contributed by atoms with Crippen molar-refractivity contribution in [2.45, 2.75) is 59.8 Å². The van der Waals surface area contributed by atoms with Crippen molar-refractivity contribution in [3.05, 3.63) is 0 Å². The molecule has 0 radical (unpaired) electrons. The maximum atomic E-state index is 2.59. The van der Waals surface area contributed by atoms with Crippen molar-refractivity contribution in [1.29, 1.82) is 0 Å².